The lowest BCUT2D eigenvalue weighted by Gasteiger charge is -2.73. The molecule has 0 radical (unpaired) electrons. The van der Waals surface area contributed by atoms with Gasteiger partial charge in [0.2, 0.25) is 0 Å². The molecule has 0 bridgehead atoms. The Morgan fingerprint density at radius 2 is 1.60 bits per heavy atom. The predicted molar refractivity (Wildman–Crippen MR) is 135 cm³/mol. The molecule has 198 valence electrons. The van der Waals surface area contributed by atoms with E-state index in [2.05, 4.69) is 40.7 Å². The normalized spacial score (nSPS) is 55.0. The first-order valence-corrected chi connectivity index (χ1v) is 14.1. The molecular formula is C30H48O5. The number of rotatable bonds is 2. The van der Waals surface area contributed by atoms with Crippen LogP contribution >= 0.6 is 0 Å². The maximum Gasteiger partial charge on any atom is 0.310 e. The fourth-order valence-electron chi connectivity index (χ4n) is 10.8. The van der Waals surface area contributed by atoms with Gasteiger partial charge in [-0.2, -0.15) is 0 Å². The molecule has 5 aliphatic rings. The van der Waals surface area contributed by atoms with Crippen LogP contribution in [0.4, 0.5) is 0 Å². The summed E-state index contributed by atoms with van der Waals surface area (Å²) < 4.78 is 0. The highest BCUT2D eigenvalue weighted by molar-refractivity contribution is 5.76. The van der Waals surface area contributed by atoms with E-state index in [4.69, 9.17) is 0 Å². The molecule has 0 amide bonds. The molecule has 10 atom stereocenters. The number of hydrogen-bond acceptors (Lipinski definition) is 4. The van der Waals surface area contributed by atoms with Gasteiger partial charge in [-0.05, 0) is 97.2 Å². The molecule has 10 unspecified atom stereocenters. The molecule has 4 saturated carbocycles. The lowest BCUT2D eigenvalue weighted by molar-refractivity contribution is -0.260. The Balaban J connectivity index is 1.63. The lowest BCUT2D eigenvalue weighted by atomic mass is 9.31. The number of carbonyl (C=O) groups is 1. The molecule has 5 aliphatic carbocycles. The van der Waals surface area contributed by atoms with Gasteiger partial charge in [0.25, 0.3) is 0 Å². The van der Waals surface area contributed by atoms with E-state index < -0.39 is 29.0 Å². The van der Waals surface area contributed by atoms with E-state index in [9.17, 15) is 25.2 Å². The number of carboxylic acids is 1. The fraction of sp³-hybridized carbons (Fsp3) is 0.900. The molecule has 0 aromatic rings. The molecule has 5 nitrogen and oxygen atoms in total. The van der Waals surface area contributed by atoms with Gasteiger partial charge >= 0.3 is 5.97 Å². The van der Waals surface area contributed by atoms with Crippen LogP contribution in [-0.4, -0.2) is 45.2 Å². The van der Waals surface area contributed by atoms with Crippen molar-refractivity contribution in [2.45, 2.75) is 112 Å². The Labute approximate surface area is 211 Å². The first kappa shape index (κ1) is 25.7. The van der Waals surface area contributed by atoms with E-state index in [1.54, 1.807) is 0 Å². The van der Waals surface area contributed by atoms with Gasteiger partial charge in [0, 0.05) is 12.0 Å². The Hall–Kier alpha value is -0.910. The summed E-state index contributed by atoms with van der Waals surface area (Å²) in [7, 11) is 0. The average molecular weight is 489 g/mol. The minimum Gasteiger partial charge on any atom is -0.481 e. The summed E-state index contributed by atoms with van der Waals surface area (Å²) in [4.78, 5) is 12.8. The van der Waals surface area contributed by atoms with Crippen molar-refractivity contribution in [3.63, 3.8) is 0 Å². The second-order valence-electron chi connectivity index (χ2n) is 14.9. The van der Waals surface area contributed by atoms with Crippen LogP contribution < -0.4 is 0 Å². The molecule has 0 saturated heterocycles. The summed E-state index contributed by atoms with van der Waals surface area (Å²) in [6.07, 6.45) is 8.28. The quantitative estimate of drug-likeness (QED) is 0.402. The van der Waals surface area contributed by atoms with Gasteiger partial charge in [-0.25, -0.2) is 0 Å². The van der Waals surface area contributed by atoms with Crippen LogP contribution in [0.25, 0.3) is 0 Å². The summed E-state index contributed by atoms with van der Waals surface area (Å²) >= 11 is 0. The number of allylic oxidation sites excluding steroid dienone is 2. The molecular weight excluding hydrogens is 440 g/mol. The highest BCUT2D eigenvalue weighted by atomic mass is 16.4. The number of aliphatic hydroxyl groups is 3. The van der Waals surface area contributed by atoms with Crippen molar-refractivity contribution < 1.29 is 25.2 Å². The number of hydrogen-bond donors (Lipinski definition) is 4. The minimum atomic E-state index is -0.805. The van der Waals surface area contributed by atoms with Crippen LogP contribution in [0.2, 0.25) is 0 Å². The van der Waals surface area contributed by atoms with Gasteiger partial charge < -0.3 is 20.4 Å². The van der Waals surface area contributed by atoms with E-state index in [1.165, 1.54) is 5.57 Å². The maximum atomic E-state index is 12.8. The first-order valence-electron chi connectivity index (χ1n) is 14.1. The van der Waals surface area contributed by atoms with Crippen molar-refractivity contribution >= 4 is 5.97 Å². The van der Waals surface area contributed by atoms with Crippen molar-refractivity contribution in [3.05, 3.63) is 11.6 Å². The van der Waals surface area contributed by atoms with E-state index in [1.807, 2.05) is 6.92 Å². The Morgan fingerprint density at radius 1 is 0.943 bits per heavy atom. The molecule has 0 aromatic heterocycles. The number of carboxylic acid groups (broad SMARTS) is 1. The lowest BCUT2D eigenvalue weighted by Crippen LogP contribution is -2.70. The van der Waals surface area contributed by atoms with E-state index in [0.717, 1.165) is 51.4 Å². The van der Waals surface area contributed by atoms with Crippen LogP contribution in [0, 0.1) is 50.2 Å². The van der Waals surface area contributed by atoms with Gasteiger partial charge in [0.1, 0.15) is 0 Å². The molecule has 0 spiro atoms. The zero-order valence-electron chi connectivity index (χ0n) is 22.7. The Kier molecular flexibility index (Phi) is 5.56. The average Bonchev–Trinajstić information content (AvgIpc) is 2.78. The van der Waals surface area contributed by atoms with E-state index in [0.29, 0.717) is 6.42 Å². The van der Waals surface area contributed by atoms with Gasteiger partial charge in [-0.1, -0.05) is 53.2 Å². The van der Waals surface area contributed by atoms with Crippen LogP contribution in [0.3, 0.4) is 0 Å². The smallest absolute Gasteiger partial charge is 0.310 e. The number of aliphatic hydroxyl groups excluding tert-OH is 3. The van der Waals surface area contributed by atoms with Crippen molar-refractivity contribution in [3.8, 4) is 0 Å². The SMILES string of the molecule is CC1C(O)C(O)CC2(C)C3CC=C4C5CC(C)(C)CCC5(C(=O)O)CCC4(C)C3(C)CCC12CO. The second-order valence-corrected chi connectivity index (χ2v) is 14.9. The van der Waals surface area contributed by atoms with Gasteiger partial charge in [0.15, 0.2) is 0 Å². The predicted octanol–water partition coefficient (Wildman–Crippen LogP) is 5.18. The molecule has 5 rings (SSSR count). The molecule has 4 N–H and O–H groups in total. The van der Waals surface area contributed by atoms with E-state index in [-0.39, 0.29) is 46.0 Å². The Morgan fingerprint density at radius 3 is 2.23 bits per heavy atom. The van der Waals surface area contributed by atoms with Crippen LogP contribution in [0.5, 0.6) is 0 Å². The molecule has 4 fully saturated rings. The second kappa shape index (κ2) is 7.57. The third-order valence-corrected chi connectivity index (χ3v) is 13.5. The van der Waals surface area contributed by atoms with Crippen molar-refractivity contribution in [2.75, 3.05) is 6.61 Å². The fourth-order valence-corrected chi connectivity index (χ4v) is 10.8. The van der Waals surface area contributed by atoms with Gasteiger partial charge in [-0.15, -0.1) is 0 Å². The summed E-state index contributed by atoms with van der Waals surface area (Å²) in [6.45, 7) is 13.8. The summed E-state index contributed by atoms with van der Waals surface area (Å²) in [5.41, 5.74) is 0.0402. The topological polar surface area (TPSA) is 98.0 Å². The molecule has 35 heavy (non-hydrogen) atoms. The number of fused-ring (bicyclic) bond motifs is 7. The molecule has 0 heterocycles. The zero-order valence-corrected chi connectivity index (χ0v) is 22.7. The summed E-state index contributed by atoms with van der Waals surface area (Å²) in [6, 6.07) is 0. The third-order valence-electron chi connectivity index (χ3n) is 13.5. The van der Waals surface area contributed by atoms with E-state index >= 15 is 0 Å². The molecule has 0 aliphatic heterocycles. The highest BCUT2D eigenvalue weighted by Gasteiger charge is 2.72. The summed E-state index contributed by atoms with van der Waals surface area (Å²) in [5, 5.41) is 43.1. The number of aliphatic carboxylic acids is 1. The zero-order chi connectivity index (χ0) is 25.8. The van der Waals surface area contributed by atoms with Gasteiger partial charge in [-0.3, -0.25) is 4.79 Å². The van der Waals surface area contributed by atoms with Crippen molar-refractivity contribution in [1.82, 2.24) is 0 Å². The largest absolute Gasteiger partial charge is 0.481 e. The van der Waals surface area contributed by atoms with Crippen molar-refractivity contribution in [1.29, 1.82) is 0 Å². The van der Waals surface area contributed by atoms with Gasteiger partial charge in [0.05, 0.1) is 17.6 Å². The van der Waals surface area contributed by atoms with Crippen LogP contribution in [-0.2, 0) is 4.79 Å². The van der Waals surface area contributed by atoms with Crippen molar-refractivity contribution in [2.24, 2.45) is 50.2 Å². The monoisotopic (exact) mass is 488 g/mol. The third kappa shape index (κ3) is 2.95. The minimum absolute atomic E-state index is 0.0350. The highest BCUT2D eigenvalue weighted by Crippen LogP contribution is 2.77. The summed E-state index contributed by atoms with van der Waals surface area (Å²) in [5.74, 6) is -0.436. The van der Waals surface area contributed by atoms with Crippen LogP contribution in [0.15, 0.2) is 11.6 Å². The first-order chi connectivity index (χ1) is 16.1. The molecule has 0 aromatic carbocycles. The maximum absolute atomic E-state index is 12.8. The Bertz CT molecular complexity index is 941. The standard InChI is InChI=1S/C30H48O5/c1-18-23(33)21(32)16-28(6)22-8-7-19-20-15-25(2,3)9-12-29(20,24(34)35)13-10-26(19,4)27(22,5)11-14-30(18,28)17-31/h7,18,20-23,31-33H,8-17H2,1-6H3,(H,34,35). The molecule has 5 heteroatoms. The van der Waals surface area contributed by atoms with Crippen LogP contribution in [0.1, 0.15) is 99.3 Å².